The Morgan fingerprint density at radius 3 is 2.57 bits per heavy atom. The minimum atomic E-state index is 0.0185. The third-order valence-corrected chi connectivity index (χ3v) is 5.83. The molecule has 7 heteroatoms. The predicted molar refractivity (Wildman–Crippen MR) is 117 cm³/mol. The van der Waals surface area contributed by atoms with E-state index >= 15 is 0 Å². The number of hydrogen-bond donors (Lipinski definition) is 1. The summed E-state index contributed by atoms with van der Waals surface area (Å²) < 4.78 is 5.42. The van der Waals surface area contributed by atoms with Crippen LogP contribution in [0, 0.1) is 19.8 Å². The number of nitrogens with zero attached hydrogens (tertiary/aromatic N) is 3. The molecule has 0 aliphatic carbocycles. The Balaban J connectivity index is 1.31. The smallest absolute Gasteiger partial charge is 0.241 e. The number of nitrogens with one attached hydrogen (secondary N) is 1. The van der Waals surface area contributed by atoms with E-state index in [1.807, 2.05) is 56.3 Å². The van der Waals surface area contributed by atoms with Crippen molar-refractivity contribution in [2.24, 2.45) is 5.92 Å². The summed E-state index contributed by atoms with van der Waals surface area (Å²) >= 11 is 6.04. The number of aryl methyl sites for hydroxylation is 2. The van der Waals surface area contributed by atoms with Crippen LogP contribution >= 0.6 is 11.6 Å². The van der Waals surface area contributed by atoms with E-state index in [1.54, 1.807) is 0 Å². The molecule has 4 rings (SSSR count). The van der Waals surface area contributed by atoms with E-state index in [4.69, 9.17) is 16.1 Å². The van der Waals surface area contributed by atoms with Crippen molar-refractivity contribution < 1.29 is 9.32 Å². The first kappa shape index (κ1) is 20.6. The Labute approximate surface area is 181 Å². The van der Waals surface area contributed by atoms with Crippen LogP contribution in [0.4, 0.5) is 5.69 Å². The SMILES string of the molecule is Cc1cccc(C)c1NC(=O)C1CCN(Cc2nc(-c3cccc(Cl)c3)no2)CC1. The molecule has 3 aromatic rings. The van der Waals surface area contributed by atoms with Gasteiger partial charge in [0.25, 0.3) is 0 Å². The Morgan fingerprint density at radius 1 is 1.17 bits per heavy atom. The van der Waals surface area contributed by atoms with E-state index in [9.17, 15) is 4.79 Å². The maximum atomic E-state index is 12.7. The minimum Gasteiger partial charge on any atom is -0.338 e. The lowest BCUT2D eigenvalue weighted by molar-refractivity contribution is -0.121. The fraction of sp³-hybridized carbons (Fsp3) is 0.348. The average molecular weight is 425 g/mol. The monoisotopic (exact) mass is 424 g/mol. The lowest BCUT2D eigenvalue weighted by Crippen LogP contribution is -2.38. The van der Waals surface area contributed by atoms with Crippen molar-refractivity contribution in [3.63, 3.8) is 0 Å². The number of amides is 1. The molecule has 1 aliphatic heterocycles. The average Bonchev–Trinajstić information content (AvgIpc) is 3.20. The van der Waals surface area contributed by atoms with Gasteiger partial charge in [-0.3, -0.25) is 9.69 Å². The molecular weight excluding hydrogens is 400 g/mol. The van der Waals surface area contributed by atoms with Crippen LogP contribution in [0.25, 0.3) is 11.4 Å². The van der Waals surface area contributed by atoms with Gasteiger partial charge in [-0.1, -0.05) is 47.1 Å². The largest absolute Gasteiger partial charge is 0.338 e. The summed E-state index contributed by atoms with van der Waals surface area (Å²) in [5.41, 5.74) is 3.95. The van der Waals surface area contributed by atoms with E-state index in [1.165, 1.54) is 0 Å². The van der Waals surface area contributed by atoms with Crippen molar-refractivity contribution in [2.45, 2.75) is 33.2 Å². The molecule has 1 saturated heterocycles. The van der Waals surface area contributed by atoms with Crippen molar-refractivity contribution in [2.75, 3.05) is 18.4 Å². The molecule has 0 unspecified atom stereocenters. The maximum Gasteiger partial charge on any atom is 0.241 e. The zero-order valence-corrected chi connectivity index (χ0v) is 17.9. The van der Waals surface area contributed by atoms with Gasteiger partial charge in [0.05, 0.1) is 6.54 Å². The van der Waals surface area contributed by atoms with Crippen LogP contribution in [0.3, 0.4) is 0 Å². The number of halogens is 1. The van der Waals surface area contributed by atoms with Crippen LogP contribution in [-0.4, -0.2) is 34.0 Å². The molecule has 1 aromatic heterocycles. The van der Waals surface area contributed by atoms with Gasteiger partial charge in [-0.25, -0.2) is 0 Å². The topological polar surface area (TPSA) is 71.3 Å². The molecule has 156 valence electrons. The molecule has 6 nitrogen and oxygen atoms in total. The van der Waals surface area contributed by atoms with Gasteiger partial charge in [-0.15, -0.1) is 0 Å². The van der Waals surface area contributed by atoms with Crippen LogP contribution in [0.5, 0.6) is 0 Å². The summed E-state index contributed by atoms with van der Waals surface area (Å²) in [6, 6.07) is 13.4. The first-order valence-corrected chi connectivity index (χ1v) is 10.6. The van der Waals surface area contributed by atoms with E-state index in [2.05, 4.69) is 20.4 Å². The summed E-state index contributed by atoms with van der Waals surface area (Å²) in [6.07, 6.45) is 1.62. The maximum absolute atomic E-state index is 12.7. The lowest BCUT2D eigenvalue weighted by atomic mass is 9.95. The van der Waals surface area contributed by atoms with Gasteiger partial charge in [-0.2, -0.15) is 4.98 Å². The van der Waals surface area contributed by atoms with Crippen molar-refractivity contribution in [3.05, 3.63) is 64.5 Å². The molecule has 0 atom stereocenters. The molecule has 30 heavy (non-hydrogen) atoms. The number of anilines is 1. The molecular formula is C23H25ClN4O2. The van der Waals surface area contributed by atoms with E-state index < -0.39 is 0 Å². The van der Waals surface area contributed by atoms with Gasteiger partial charge in [0, 0.05) is 22.2 Å². The summed E-state index contributed by atoms with van der Waals surface area (Å²) in [5, 5.41) is 7.83. The molecule has 0 radical (unpaired) electrons. The highest BCUT2D eigenvalue weighted by atomic mass is 35.5. The number of benzene rings is 2. The van der Waals surface area contributed by atoms with E-state index in [-0.39, 0.29) is 11.8 Å². The Hall–Kier alpha value is -2.70. The number of piperidine rings is 1. The van der Waals surface area contributed by atoms with Gasteiger partial charge < -0.3 is 9.84 Å². The molecule has 1 amide bonds. The second-order valence-electron chi connectivity index (χ2n) is 7.83. The zero-order valence-electron chi connectivity index (χ0n) is 17.2. The fourth-order valence-electron chi connectivity index (χ4n) is 3.85. The minimum absolute atomic E-state index is 0.0185. The van der Waals surface area contributed by atoms with E-state index in [0.717, 1.165) is 48.3 Å². The number of carbonyl (C=O) groups excluding carboxylic acids is 1. The fourth-order valence-corrected chi connectivity index (χ4v) is 4.04. The van der Waals surface area contributed by atoms with Crippen LogP contribution < -0.4 is 5.32 Å². The van der Waals surface area contributed by atoms with Crippen LogP contribution in [0.1, 0.15) is 29.9 Å². The van der Waals surface area contributed by atoms with Gasteiger partial charge >= 0.3 is 0 Å². The third-order valence-electron chi connectivity index (χ3n) is 5.60. The van der Waals surface area contributed by atoms with Crippen molar-refractivity contribution >= 4 is 23.2 Å². The number of para-hydroxylation sites is 1. The second-order valence-corrected chi connectivity index (χ2v) is 8.26. The van der Waals surface area contributed by atoms with Crippen molar-refractivity contribution in [3.8, 4) is 11.4 Å². The molecule has 2 aromatic carbocycles. The third kappa shape index (κ3) is 4.71. The number of hydrogen-bond acceptors (Lipinski definition) is 5. The van der Waals surface area contributed by atoms with Gasteiger partial charge in [0.2, 0.25) is 17.6 Å². The Bertz CT molecular complexity index is 1020. The normalized spacial score (nSPS) is 15.3. The Morgan fingerprint density at radius 2 is 1.87 bits per heavy atom. The molecule has 0 bridgehead atoms. The molecule has 2 heterocycles. The summed E-state index contributed by atoms with van der Waals surface area (Å²) in [4.78, 5) is 19.5. The number of carbonyl (C=O) groups is 1. The van der Waals surface area contributed by atoms with Crippen LogP contribution in [-0.2, 0) is 11.3 Å². The quantitative estimate of drug-likeness (QED) is 0.633. The first-order valence-electron chi connectivity index (χ1n) is 10.2. The number of aromatic nitrogens is 2. The van der Waals surface area contributed by atoms with Gasteiger partial charge in [0.1, 0.15) is 0 Å². The standard InChI is InChI=1S/C23H25ClN4O2/c1-15-5-3-6-16(2)21(15)26-23(29)17-9-11-28(12-10-17)14-20-25-22(27-30-20)18-7-4-8-19(24)13-18/h3-8,13,17H,9-12,14H2,1-2H3,(H,26,29). The summed E-state index contributed by atoms with van der Waals surface area (Å²) in [6.45, 7) is 6.26. The van der Waals surface area contributed by atoms with E-state index in [0.29, 0.717) is 23.3 Å². The molecule has 1 aliphatic rings. The molecule has 1 N–H and O–H groups in total. The van der Waals surface area contributed by atoms with Gasteiger partial charge in [0.15, 0.2) is 0 Å². The summed E-state index contributed by atoms with van der Waals surface area (Å²) in [7, 11) is 0. The molecule has 0 spiro atoms. The highest BCUT2D eigenvalue weighted by Crippen LogP contribution is 2.25. The molecule has 0 saturated carbocycles. The molecule has 1 fully saturated rings. The number of rotatable bonds is 5. The second kappa shape index (κ2) is 8.98. The van der Waals surface area contributed by atoms with Gasteiger partial charge in [-0.05, 0) is 63.0 Å². The van der Waals surface area contributed by atoms with Crippen LogP contribution in [0.15, 0.2) is 47.0 Å². The highest BCUT2D eigenvalue weighted by molar-refractivity contribution is 6.30. The van der Waals surface area contributed by atoms with Crippen LogP contribution in [0.2, 0.25) is 5.02 Å². The van der Waals surface area contributed by atoms with Crippen molar-refractivity contribution in [1.82, 2.24) is 15.0 Å². The van der Waals surface area contributed by atoms with Crippen molar-refractivity contribution in [1.29, 1.82) is 0 Å². The lowest BCUT2D eigenvalue weighted by Gasteiger charge is -2.30. The zero-order chi connectivity index (χ0) is 21.1. The number of likely N-dealkylation sites (tertiary alicyclic amines) is 1. The predicted octanol–water partition coefficient (Wildman–Crippen LogP) is 4.86. The highest BCUT2D eigenvalue weighted by Gasteiger charge is 2.26. The first-order chi connectivity index (χ1) is 14.5. The Kier molecular flexibility index (Phi) is 6.16. The summed E-state index contributed by atoms with van der Waals surface area (Å²) in [5.74, 6) is 1.23.